The van der Waals surface area contributed by atoms with Gasteiger partial charge >= 0.3 is 0 Å². The SMILES string of the molecule is C=CC1(Oc2c(F)cc(Br)cc2F)CC1. The molecule has 80 valence electrons. The summed E-state index contributed by atoms with van der Waals surface area (Å²) in [5, 5.41) is 0. The Hall–Kier alpha value is -0.900. The zero-order valence-corrected chi connectivity index (χ0v) is 9.48. The summed E-state index contributed by atoms with van der Waals surface area (Å²) in [6.45, 7) is 3.59. The van der Waals surface area contributed by atoms with Gasteiger partial charge in [-0.15, -0.1) is 0 Å². The summed E-state index contributed by atoms with van der Waals surface area (Å²) < 4.78 is 32.4. The number of hydrogen-bond acceptors (Lipinski definition) is 1. The molecule has 0 aliphatic heterocycles. The van der Waals surface area contributed by atoms with Gasteiger partial charge in [-0.25, -0.2) is 8.78 Å². The number of halogens is 3. The van der Waals surface area contributed by atoms with E-state index in [0.717, 1.165) is 12.8 Å². The minimum atomic E-state index is -0.699. The van der Waals surface area contributed by atoms with Crippen LogP contribution in [0.1, 0.15) is 12.8 Å². The van der Waals surface area contributed by atoms with Crippen molar-refractivity contribution < 1.29 is 13.5 Å². The Bertz CT molecular complexity index is 390. The van der Waals surface area contributed by atoms with Crippen molar-refractivity contribution >= 4 is 15.9 Å². The van der Waals surface area contributed by atoms with E-state index in [1.54, 1.807) is 6.08 Å². The average molecular weight is 275 g/mol. The smallest absolute Gasteiger partial charge is 0.191 e. The van der Waals surface area contributed by atoms with Crippen molar-refractivity contribution in [2.45, 2.75) is 18.4 Å². The predicted molar refractivity (Wildman–Crippen MR) is 56.8 cm³/mol. The molecule has 0 saturated heterocycles. The molecule has 0 amide bonds. The standard InChI is InChI=1S/C11H9BrF2O/c1-2-11(3-4-11)15-10-8(13)5-7(12)6-9(10)14/h2,5-6H,1,3-4H2. The second-order valence-corrected chi connectivity index (χ2v) is 4.49. The quantitative estimate of drug-likeness (QED) is 0.762. The van der Waals surface area contributed by atoms with Gasteiger partial charge in [0.1, 0.15) is 5.60 Å². The van der Waals surface area contributed by atoms with Gasteiger partial charge in [0.25, 0.3) is 0 Å². The van der Waals surface area contributed by atoms with Gasteiger partial charge in [-0.1, -0.05) is 22.5 Å². The average Bonchev–Trinajstić information content (AvgIpc) is 2.92. The number of benzene rings is 1. The topological polar surface area (TPSA) is 9.23 Å². The minimum Gasteiger partial charge on any atom is -0.477 e. The van der Waals surface area contributed by atoms with Gasteiger partial charge in [-0.3, -0.25) is 0 Å². The molecule has 0 aromatic heterocycles. The first-order valence-corrected chi connectivity index (χ1v) is 5.33. The van der Waals surface area contributed by atoms with E-state index in [2.05, 4.69) is 22.5 Å². The van der Waals surface area contributed by atoms with E-state index in [0.29, 0.717) is 4.47 Å². The van der Waals surface area contributed by atoms with Crippen LogP contribution in [0.2, 0.25) is 0 Å². The highest BCUT2D eigenvalue weighted by Crippen LogP contribution is 2.42. The van der Waals surface area contributed by atoms with Gasteiger partial charge in [-0.05, 0) is 31.1 Å². The number of ether oxygens (including phenoxy) is 1. The maximum atomic E-state index is 13.4. The molecule has 2 rings (SSSR count). The van der Waals surface area contributed by atoms with Gasteiger partial charge in [0.15, 0.2) is 17.4 Å². The van der Waals surface area contributed by atoms with Crippen LogP contribution in [0.4, 0.5) is 8.78 Å². The van der Waals surface area contributed by atoms with Crippen molar-refractivity contribution in [3.8, 4) is 5.75 Å². The molecule has 0 radical (unpaired) electrons. The lowest BCUT2D eigenvalue weighted by Gasteiger charge is -2.15. The second kappa shape index (κ2) is 3.59. The van der Waals surface area contributed by atoms with Crippen molar-refractivity contribution in [2.24, 2.45) is 0 Å². The molecule has 4 heteroatoms. The highest BCUT2D eigenvalue weighted by Gasteiger charge is 2.43. The largest absolute Gasteiger partial charge is 0.477 e. The van der Waals surface area contributed by atoms with E-state index in [1.807, 2.05) is 0 Å². The maximum Gasteiger partial charge on any atom is 0.191 e. The van der Waals surface area contributed by atoms with E-state index in [4.69, 9.17) is 4.74 Å². The van der Waals surface area contributed by atoms with Crippen molar-refractivity contribution in [1.29, 1.82) is 0 Å². The van der Waals surface area contributed by atoms with Gasteiger partial charge in [0.2, 0.25) is 0 Å². The molecular weight excluding hydrogens is 266 g/mol. The minimum absolute atomic E-state index is 0.324. The Balaban J connectivity index is 2.32. The van der Waals surface area contributed by atoms with Crippen LogP contribution in [0.3, 0.4) is 0 Å². The molecule has 1 aromatic carbocycles. The lowest BCUT2D eigenvalue weighted by Crippen LogP contribution is -2.15. The summed E-state index contributed by atoms with van der Waals surface area (Å²) in [5.41, 5.74) is -0.560. The lowest BCUT2D eigenvalue weighted by molar-refractivity contribution is 0.208. The van der Waals surface area contributed by atoms with Crippen molar-refractivity contribution in [3.63, 3.8) is 0 Å². The summed E-state index contributed by atoms with van der Waals surface area (Å²) in [6.07, 6.45) is 3.10. The summed E-state index contributed by atoms with van der Waals surface area (Å²) >= 11 is 3.00. The first-order chi connectivity index (χ1) is 7.06. The molecule has 1 fully saturated rings. The normalized spacial score (nSPS) is 17.3. The van der Waals surface area contributed by atoms with Crippen LogP contribution in [-0.4, -0.2) is 5.60 Å². The van der Waals surface area contributed by atoms with E-state index < -0.39 is 17.2 Å². The molecular formula is C11H9BrF2O. The van der Waals surface area contributed by atoms with Crippen molar-refractivity contribution in [2.75, 3.05) is 0 Å². The van der Waals surface area contributed by atoms with E-state index in [-0.39, 0.29) is 5.75 Å². The molecule has 0 spiro atoms. The zero-order chi connectivity index (χ0) is 11.1. The first kappa shape index (κ1) is 10.6. The first-order valence-electron chi connectivity index (χ1n) is 4.53. The maximum absolute atomic E-state index is 13.4. The highest BCUT2D eigenvalue weighted by molar-refractivity contribution is 9.10. The molecule has 15 heavy (non-hydrogen) atoms. The lowest BCUT2D eigenvalue weighted by atomic mass is 10.3. The molecule has 1 saturated carbocycles. The van der Waals surface area contributed by atoms with Gasteiger partial charge in [-0.2, -0.15) is 0 Å². The Morgan fingerprint density at radius 3 is 2.27 bits per heavy atom. The summed E-state index contributed by atoms with van der Waals surface area (Å²) in [6, 6.07) is 2.36. The number of hydrogen-bond donors (Lipinski definition) is 0. The molecule has 1 aliphatic carbocycles. The molecule has 1 nitrogen and oxygen atoms in total. The van der Waals surface area contributed by atoms with E-state index in [9.17, 15) is 8.78 Å². The van der Waals surface area contributed by atoms with E-state index >= 15 is 0 Å². The predicted octanol–water partition coefficient (Wildman–Crippen LogP) is 3.82. The fraction of sp³-hybridized carbons (Fsp3) is 0.273. The van der Waals surface area contributed by atoms with Crippen molar-refractivity contribution in [1.82, 2.24) is 0 Å². The Labute approximate surface area is 94.9 Å². The molecule has 0 bridgehead atoms. The third-order valence-corrected chi connectivity index (χ3v) is 2.84. The zero-order valence-electron chi connectivity index (χ0n) is 7.90. The highest BCUT2D eigenvalue weighted by atomic mass is 79.9. The van der Waals surface area contributed by atoms with Crippen molar-refractivity contribution in [3.05, 3.63) is 40.9 Å². The fourth-order valence-corrected chi connectivity index (χ4v) is 1.70. The molecule has 1 aliphatic rings. The summed E-state index contributed by atoms with van der Waals surface area (Å²) in [4.78, 5) is 0. The van der Waals surface area contributed by atoms with Gasteiger partial charge in [0, 0.05) is 4.47 Å². The molecule has 0 heterocycles. The summed E-state index contributed by atoms with van der Waals surface area (Å²) in [7, 11) is 0. The third kappa shape index (κ3) is 2.04. The Kier molecular flexibility index (Phi) is 2.54. The van der Waals surface area contributed by atoms with Crippen LogP contribution in [0, 0.1) is 11.6 Å². The van der Waals surface area contributed by atoms with Gasteiger partial charge in [0.05, 0.1) is 0 Å². The van der Waals surface area contributed by atoms with Crippen LogP contribution < -0.4 is 4.74 Å². The monoisotopic (exact) mass is 274 g/mol. The number of rotatable bonds is 3. The van der Waals surface area contributed by atoms with Crippen LogP contribution in [0.15, 0.2) is 29.3 Å². The van der Waals surface area contributed by atoms with E-state index in [1.165, 1.54) is 12.1 Å². The fourth-order valence-electron chi connectivity index (χ4n) is 1.30. The Morgan fingerprint density at radius 2 is 1.87 bits per heavy atom. The van der Waals surface area contributed by atoms with Crippen LogP contribution in [0.5, 0.6) is 5.75 Å². The molecule has 0 atom stereocenters. The molecule has 0 unspecified atom stereocenters. The summed E-state index contributed by atoms with van der Waals surface area (Å²) in [5.74, 6) is -1.72. The van der Waals surface area contributed by atoms with Crippen LogP contribution in [-0.2, 0) is 0 Å². The van der Waals surface area contributed by atoms with Gasteiger partial charge < -0.3 is 4.74 Å². The second-order valence-electron chi connectivity index (χ2n) is 3.57. The van der Waals surface area contributed by atoms with Crippen LogP contribution in [0.25, 0.3) is 0 Å². The molecule has 1 aromatic rings. The Morgan fingerprint density at radius 1 is 1.33 bits per heavy atom. The van der Waals surface area contributed by atoms with Crippen LogP contribution >= 0.6 is 15.9 Å². The third-order valence-electron chi connectivity index (χ3n) is 2.38. The molecule has 0 N–H and O–H groups in total.